The number of unbranched alkanes of at least 4 members (excludes halogenated alkanes) is 2. The van der Waals surface area contributed by atoms with E-state index in [2.05, 4.69) is 6.92 Å². The minimum absolute atomic E-state index is 0. The van der Waals surface area contributed by atoms with Gasteiger partial charge < -0.3 is 6.15 Å². The quantitative estimate of drug-likeness (QED) is 0.465. The number of hydrogen-bond acceptors (Lipinski definition) is 1. The lowest BCUT2D eigenvalue weighted by Gasteiger charge is -1.88. The van der Waals surface area contributed by atoms with E-state index in [4.69, 9.17) is 11.5 Å². The van der Waals surface area contributed by atoms with E-state index in [0.29, 0.717) is 0 Å². The first-order valence-corrected chi connectivity index (χ1v) is 3.27. The molecule has 0 bridgehead atoms. The second-order valence-corrected chi connectivity index (χ2v) is 1.96. The molecule has 3 N–H and O–H groups in total. The molecule has 1 radical (unpaired) electrons. The third kappa shape index (κ3) is 9.58. The highest BCUT2D eigenvalue weighted by molar-refractivity contribution is 6.93. The molecular formula is C5H14BClN. The average Bonchev–Trinajstić information content (AvgIpc) is 1.69. The van der Waals surface area contributed by atoms with Gasteiger partial charge in [0.1, 0.15) is 0 Å². The van der Waals surface area contributed by atoms with E-state index in [1.54, 1.807) is 6.69 Å². The number of halogens is 1. The SMILES string of the molecule is CCCCC[B]Cl.N. The van der Waals surface area contributed by atoms with Gasteiger partial charge in [-0.15, -0.1) is 0 Å². The Balaban J connectivity index is 0. The van der Waals surface area contributed by atoms with Crippen molar-refractivity contribution >= 4 is 18.2 Å². The molecule has 0 aliphatic carbocycles. The van der Waals surface area contributed by atoms with Crippen LogP contribution in [0.2, 0.25) is 6.32 Å². The molecule has 49 valence electrons. The lowest BCUT2D eigenvalue weighted by atomic mass is 9.98. The third-order valence-electron chi connectivity index (χ3n) is 0.917. The monoisotopic (exact) mass is 134 g/mol. The van der Waals surface area contributed by atoms with Crippen LogP contribution in [0.25, 0.3) is 0 Å². The van der Waals surface area contributed by atoms with Crippen molar-refractivity contribution in [3.8, 4) is 0 Å². The van der Waals surface area contributed by atoms with Crippen LogP contribution in [-0.2, 0) is 0 Å². The third-order valence-corrected chi connectivity index (χ3v) is 1.14. The minimum atomic E-state index is 0. The van der Waals surface area contributed by atoms with E-state index in [1.165, 1.54) is 19.3 Å². The van der Waals surface area contributed by atoms with Crippen molar-refractivity contribution < 1.29 is 0 Å². The fraction of sp³-hybridized carbons (Fsp3) is 1.00. The lowest BCUT2D eigenvalue weighted by Crippen LogP contribution is -1.76. The summed E-state index contributed by atoms with van der Waals surface area (Å²) in [6.07, 6.45) is 4.91. The van der Waals surface area contributed by atoms with Crippen LogP contribution in [-0.4, -0.2) is 6.69 Å². The molecule has 0 aromatic rings. The maximum Gasteiger partial charge on any atom is 0.238 e. The van der Waals surface area contributed by atoms with Crippen molar-refractivity contribution in [1.29, 1.82) is 0 Å². The zero-order chi connectivity index (χ0) is 5.54. The molecule has 0 fully saturated rings. The van der Waals surface area contributed by atoms with Gasteiger partial charge in [0, 0.05) is 0 Å². The smallest absolute Gasteiger partial charge is 0.238 e. The van der Waals surface area contributed by atoms with Crippen LogP contribution < -0.4 is 6.15 Å². The van der Waals surface area contributed by atoms with Crippen LogP contribution in [0.15, 0.2) is 0 Å². The largest absolute Gasteiger partial charge is 0.344 e. The molecule has 0 spiro atoms. The van der Waals surface area contributed by atoms with Crippen LogP contribution in [0.1, 0.15) is 26.2 Å². The van der Waals surface area contributed by atoms with E-state index in [-0.39, 0.29) is 6.15 Å². The molecule has 0 atom stereocenters. The molecule has 0 aromatic carbocycles. The maximum atomic E-state index is 5.31. The highest BCUT2D eigenvalue weighted by Crippen LogP contribution is 1.98. The second kappa shape index (κ2) is 10.3. The summed E-state index contributed by atoms with van der Waals surface area (Å²) in [5, 5.41) is 0. The first-order chi connectivity index (χ1) is 3.41. The summed E-state index contributed by atoms with van der Waals surface area (Å²) in [6.45, 7) is 3.89. The van der Waals surface area contributed by atoms with E-state index >= 15 is 0 Å². The molecule has 0 amide bonds. The Kier molecular flexibility index (Phi) is 14.4. The molecule has 0 unspecified atom stereocenters. The lowest BCUT2D eigenvalue weighted by molar-refractivity contribution is 0.770. The van der Waals surface area contributed by atoms with Crippen molar-refractivity contribution in [2.75, 3.05) is 0 Å². The van der Waals surface area contributed by atoms with E-state index in [1.807, 2.05) is 0 Å². The predicted octanol–water partition coefficient (Wildman–Crippen LogP) is 2.61. The predicted molar refractivity (Wildman–Crippen MR) is 41.0 cm³/mol. The zero-order valence-electron chi connectivity index (χ0n) is 5.49. The number of rotatable bonds is 4. The van der Waals surface area contributed by atoms with E-state index < -0.39 is 0 Å². The normalized spacial score (nSPS) is 7.75. The van der Waals surface area contributed by atoms with Crippen molar-refractivity contribution in [2.24, 2.45) is 0 Å². The van der Waals surface area contributed by atoms with Crippen molar-refractivity contribution in [3.05, 3.63) is 0 Å². The Morgan fingerprint density at radius 3 is 2.38 bits per heavy atom. The van der Waals surface area contributed by atoms with Crippen LogP contribution in [0, 0.1) is 0 Å². The highest BCUT2D eigenvalue weighted by atomic mass is 35.5. The summed E-state index contributed by atoms with van der Waals surface area (Å²) in [5.41, 5.74) is 0. The topological polar surface area (TPSA) is 35.0 Å². The molecule has 0 heterocycles. The summed E-state index contributed by atoms with van der Waals surface area (Å²) in [6, 6.07) is 0. The molecule has 0 aliphatic rings. The molecule has 0 rings (SSSR count). The zero-order valence-corrected chi connectivity index (χ0v) is 6.25. The van der Waals surface area contributed by atoms with Gasteiger partial charge in [0.15, 0.2) is 0 Å². The Bertz CT molecular complexity index is 31.6. The van der Waals surface area contributed by atoms with E-state index in [0.717, 1.165) is 6.32 Å². The van der Waals surface area contributed by atoms with Crippen LogP contribution in [0.4, 0.5) is 0 Å². The molecular weight excluding hydrogens is 120 g/mol. The second-order valence-electron chi connectivity index (χ2n) is 1.65. The molecule has 0 saturated carbocycles. The van der Waals surface area contributed by atoms with Gasteiger partial charge in [0.05, 0.1) is 0 Å². The van der Waals surface area contributed by atoms with Gasteiger partial charge in [0.2, 0.25) is 6.69 Å². The summed E-state index contributed by atoms with van der Waals surface area (Å²) >= 11 is 5.31. The fourth-order valence-corrected chi connectivity index (χ4v) is 0.626. The molecule has 0 aliphatic heterocycles. The summed E-state index contributed by atoms with van der Waals surface area (Å²) < 4.78 is 0. The maximum absolute atomic E-state index is 5.31. The van der Waals surface area contributed by atoms with Gasteiger partial charge in [-0.3, -0.25) is 0 Å². The Morgan fingerprint density at radius 2 is 2.00 bits per heavy atom. The van der Waals surface area contributed by atoms with Gasteiger partial charge >= 0.3 is 0 Å². The van der Waals surface area contributed by atoms with Crippen LogP contribution in [0.5, 0.6) is 0 Å². The Morgan fingerprint density at radius 1 is 1.38 bits per heavy atom. The molecule has 8 heavy (non-hydrogen) atoms. The van der Waals surface area contributed by atoms with Gasteiger partial charge in [-0.2, -0.15) is 0 Å². The molecule has 0 aromatic heterocycles. The van der Waals surface area contributed by atoms with Crippen molar-refractivity contribution in [3.63, 3.8) is 0 Å². The van der Waals surface area contributed by atoms with Crippen molar-refractivity contribution in [1.82, 2.24) is 6.15 Å². The number of hydrogen-bond donors (Lipinski definition) is 1. The highest BCUT2D eigenvalue weighted by Gasteiger charge is 1.83. The Hall–Kier alpha value is 0.315. The first-order valence-electron chi connectivity index (χ1n) is 2.83. The van der Waals surface area contributed by atoms with Gasteiger partial charge in [-0.05, 0) is 0 Å². The summed E-state index contributed by atoms with van der Waals surface area (Å²) in [7, 11) is 0. The standard InChI is InChI=1S/C5H11BCl.H3N/c1-2-3-4-5-6-7;/h2-5H2,1H3;1H3. The van der Waals surface area contributed by atoms with Gasteiger partial charge in [-0.25, -0.2) is 11.5 Å². The van der Waals surface area contributed by atoms with Gasteiger partial charge in [-0.1, -0.05) is 32.5 Å². The minimum Gasteiger partial charge on any atom is -0.344 e. The molecule has 1 nitrogen and oxygen atoms in total. The van der Waals surface area contributed by atoms with Crippen LogP contribution >= 0.6 is 11.5 Å². The average molecular weight is 134 g/mol. The molecule has 0 saturated heterocycles. The van der Waals surface area contributed by atoms with E-state index in [9.17, 15) is 0 Å². The fourth-order valence-electron chi connectivity index (χ4n) is 0.471. The van der Waals surface area contributed by atoms with Gasteiger partial charge in [0.25, 0.3) is 0 Å². The summed E-state index contributed by atoms with van der Waals surface area (Å²) in [4.78, 5) is 0. The van der Waals surface area contributed by atoms with Crippen molar-refractivity contribution in [2.45, 2.75) is 32.5 Å². The Labute approximate surface area is 57.5 Å². The van der Waals surface area contributed by atoms with Crippen LogP contribution in [0.3, 0.4) is 0 Å². The molecule has 3 heteroatoms. The summed E-state index contributed by atoms with van der Waals surface area (Å²) in [5.74, 6) is 0. The first kappa shape index (κ1) is 11.2.